The number of nitrogen functional groups attached to an aromatic ring is 1. The van der Waals surface area contributed by atoms with Crippen molar-refractivity contribution in [1.82, 2.24) is 9.97 Å². The number of carbonyl (C=O) groups is 1. The highest BCUT2D eigenvalue weighted by molar-refractivity contribution is 7.21. The topological polar surface area (TPSA) is 80.9 Å². The fraction of sp³-hybridized carbons (Fsp3) is 0.353. The summed E-state index contributed by atoms with van der Waals surface area (Å²) in [6.45, 7) is 3.94. The van der Waals surface area contributed by atoms with Gasteiger partial charge >= 0.3 is 0 Å². The molecule has 4 rings (SSSR count). The third-order valence-electron chi connectivity index (χ3n) is 4.30. The minimum absolute atomic E-state index is 0.196. The number of amides is 1. The van der Waals surface area contributed by atoms with Crippen LogP contribution in [0.2, 0.25) is 0 Å². The molecule has 1 amide bonds. The Labute approximate surface area is 147 Å². The number of pyridine rings is 1. The van der Waals surface area contributed by atoms with Gasteiger partial charge in [-0.3, -0.25) is 10.1 Å². The third-order valence-corrected chi connectivity index (χ3v) is 6.47. The van der Waals surface area contributed by atoms with Crippen LogP contribution >= 0.6 is 22.7 Å². The quantitative estimate of drug-likeness (QED) is 0.723. The molecule has 5 nitrogen and oxygen atoms in total. The van der Waals surface area contributed by atoms with Crippen molar-refractivity contribution in [1.29, 1.82) is 0 Å². The first-order valence-electron chi connectivity index (χ1n) is 7.99. The molecule has 0 unspecified atom stereocenters. The van der Waals surface area contributed by atoms with Crippen LogP contribution in [0, 0.1) is 13.8 Å². The number of aryl methyl sites for hydroxylation is 4. The van der Waals surface area contributed by atoms with Crippen molar-refractivity contribution < 1.29 is 4.79 Å². The number of thiazole rings is 1. The normalized spacial score (nSPS) is 13.9. The predicted octanol–water partition coefficient (Wildman–Crippen LogP) is 4.08. The average Bonchev–Trinajstić information content (AvgIpc) is 3.07. The van der Waals surface area contributed by atoms with Crippen LogP contribution in [0.15, 0.2) is 6.07 Å². The van der Waals surface area contributed by atoms with Crippen molar-refractivity contribution in [3.8, 4) is 0 Å². The van der Waals surface area contributed by atoms with E-state index in [9.17, 15) is 4.79 Å². The van der Waals surface area contributed by atoms with E-state index in [1.165, 1.54) is 29.1 Å². The molecule has 0 radical (unpaired) electrons. The maximum atomic E-state index is 12.7. The molecule has 124 valence electrons. The summed E-state index contributed by atoms with van der Waals surface area (Å²) < 4.78 is 0. The van der Waals surface area contributed by atoms with Crippen LogP contribution in [0.3, 0.4) is 0 Å². The number of hydrogen-bond acceptors (Lipinski definition) is 6. The zero-order chi connectivity index (χ0) is 16.8. The summed E-state index contributed by atoms with van der Waals surface area (Å²) in [7, 11) is 0. The number of nitrogens with one attached hydrogen (secondary N) is 1. The summed E-state index contributed by atoms with van der Waals surface area (Å²) in [4.78, 5) is 24.4. The Morgan fingerprint density at radius 2 is 2.00 bits per heavy atom. The minimum atomic E-state index is -0.196. The van der Waals surface area contributed by atoms with Crippen LogP contribution in [-0.4, -0.2) is 15.9 Å². The van der Waals surface area contributed by atoms with E-state index >= 15 is 0 Å². The predicted molar refractivity (Wildman–Crippen MR) is 100 cm³/mol. The molecular weight excluding hydrogens is 340 g/mol. The molecule has 0 atom stereocenters. The average molecular weight is 358 g/mol. The molecular formula is C17H18N4OS2. The summed E-state index contributed by atoms with van der Waals surface area (Å²) in [5.74, 6) is -0.196. The number of rotatable bonds is 2. The SMILES string of the molecule is Cc1cc(C)c2c(N)c(C(=O)Nc3nc4c(s3)CCCC4)sc2n1. The highest BCUT2D eigenvalue weighted by atomic mass is 32.1. The number of aromatic nitrogens is 2. The Bertz CT molecular complexity index is 934. The standard InChI is InChI=1S/C17H18N4OS2/c1-8-7-9(2)19-16-12(8)13(18)14(24-16)15(22)21-17-20-10-5-3-4-6-11(10)23-17/h7H,3-6,18H2,1-2H3,(H,20,21,22). The van der Waals surface area contributed by atoms with Gasteiger partial charge in [-0.2, -0.15) is 0 Å². The molecule has 3 N–H and O–H groups in total. The smallest absolute Gasteiger partial charge is 0.269 e. The van der Waals surface area contributed by atoms with E-state index in [0.717, 1.165) is 40.0 Å². The lowest BCUT2D eigenvalue weighted by Crippen LogP contribution is -2.11. The van der Waals surface area contributed by atoms with Crippen molar-refractivity contribution in [3.63, 3.8) is 0 Å². The van der Waals surface area contributed by atoms with Gasteiger partial charge in [0.25, 0.3) is 5.91 Å². The van der Waals surface area contributed by atoms with E-state index in [2.05, 4.69) is 15.3 Å². The van der Waals surface area contributed by atoms with Gasteiger partial charge in [0.2, 0.25) is 0 Å². The second-order valence-electron chi connectivity index (χ2n) is 6.16. The molecule has 7 heteroatoms. The zero-order valence-corrected chi connectivity index (χ0v) is 15.2. The summed E-state index contributed by atoms with van der Waals surface area (Å²) in [6.07, 6.45) is 4.46. The summed E-state index contributed by atoms with van der Waals surface area (Å²) >= 11 is 2.92. The molecule has 3 aromatic rings. The highest BCUT2D eigenvalue weighted by Gasteiger charge is 2.21. The number of thiophene rings is 1. The van der Waals surface area contributed by atoms with Crippen LogP contribution in [0.4, 0.5) is 10.8 Å². The first kappa shape index (κ1) is 15.5. The first-order valence-corrected chi connectivity index (χ1v) is 9.62. The monoisotopic (exact) mass is 358 g/mol. The van der Waals surface area contributed by atoms with E-state index < -0.39 is 0 Å². The molecule has 0 aromatic carbocycles. The molecule has 0 fully saturated rings. The summed E-state index contributed by atoms with van der Waals surface area (Å²) in [5, 5.41) is 4.48. The molecule has 1 aliphatic carbocycles. The molecule has 1 aliphatic rings. The fourth-order valence-corrected chi connectivity index (χ4v) is 5.35. The summed E-state index contributed by atoms with van der Waals surface area (Å²) in [6, 6.07) is 1.99. The molecule has 24 heavy (non-hydrogen) atoms. The number of anilines is 2. The van der Waals surface area contributed by atoms with Gasteiger partial charge in [-0.25, -0.2) is 9.97 Å². The van der Waals surface area contributed by atoms with Crippen molar-refractivity contribution in [3.05, 3.63) is 32.8 Å². The Morgan fingerprint density at radius 3 is 2.79 bits per heavy atom. The van der Waals surface area contributed by atoms with Gasteiger partial charge in [0.15, 0.2) is 5.13 Å². The second-order valence-corrected chi connectivity index (χ2v) is 8.24. The maximum absolute atomic E-state index is 12.7. The lowest BCUT2D eigenvalue weighted by Gasteiger charge is -2.06. The zero-order valence-electron chi connectivity index (χ0n) is 13.6. The number of carbonyl (C=O) groups excluding carboxylic acids is 1. The van der Waals surface area contributed by atoms with E-state index in [1.54, 1.807) is 11.3 Å². The van der Waals surface area contributed by atoms with Gasteiger partial charge < -0.3 is 5.73 Å². The molecule has 3 heterocycles. The largest absolute Gasteiger partial charge is 0.397 e. The van der Waals surface area contributed by atoms with Gasteiger partial charge in [-0.05, 0) is 51.2 Å². The highest BCUT2D eigenvalue weighted by Crippen LogP contribution is 2.36. The van der Waals surface area contributed by atoms with E-state index in [-0.39, 0.29) is 5.91 Å². The van der Waals surface area contributed by atoms with Crippen LogP contribution in [0.25, 0.3) is 10.2 Å². The van der Waals surface area contributed by atoms with E-state index in [0.29, 0.717) is 15.7 Å². The lowest BCUT2D eigenvalue weighted by atomic mass is 10.0. The lowest BCUT2D eigenvalue weighted by molar-refractivity contribution is 0.103. The number of nitrogens with two attached hydrogens (primary N) is 1. The van der Waals surface area contributed by atoms with Crippen LogP contribution in [-0.2, 0) is 12.8 Å². The molecule has 3 aromatic heterocycles. The van der Waals surface area contributed by atoms with Crippen molar-refractivity contribution >= 4 is 49.6 Å². The van der Waals surface area contributed by atoms with Gasteiger partial charge in [0, 0.05) is 16.0 Å². The van der Waals surface area contributed by atoms with Crippen LogP contribution in [0.5, 0.6) is 0 Å². The Hall–Kier alpha value is -1.99. The molecule has 0 aliphatic heterocycles. The van der Waals surface area contributed by atoms with Gasteiger partial charge in [-0.15, -0.1) is 22.7 Å². The molecule has 0 spiro atoms. The number of nitrogens with zero attached hydrogens (tertiary/aromatic N) is 2. The number of hydrogen-bond donors (Lipinski definition) is 2. The van der Waals surface area contributed by atoms with Crippen molar-refractivity contribution in [2.24, 2.45) is 0 Å². The van der Waals surface area contributed by atoms with Gasteiger partial charge in [0.05, 0.1) is 11.4 Å². The first-order chi connectivity index (χ1) is 11.5. The third kappa shape index (κ3) is 2.57. The summed E-state index contributed by atoms with van der Waals surface area (Å²) in [5.41, 5.74) is 9.87. The fourth-order valence-electron chi connectivity index (χ4n) is 3.20. The Morgan fingerprint density at radius 1 is 1.21 bits per heavy atom. The van der Waals surface area contributed by atoms with E-state index in [1.807, 2.05) is 19.9 Å². The van der Waals surface area contributed by atoms with Gasteiger partial charge in [0.1, 0.15) is 9.71 Å². The number of fused-ring (bicyclic) bond motifs is 2. The van der Waals surface area contributed by atoms with Crippen LogP contribution in [0.1, 0.15) is 44.3 Å². The van der Waals surface area contributed by atoms with Crippen molar-refractivity contribution in [2.75, 3.05) is 11.1 Å². The maximum Gasteiger partial charge on any atom is 0.269 e. The molecule has 0 saturated carbocycles. The van der Waals surface area contributed by atoms with E-state index in [4.69, 9.17) is 5.73 Å². The molecule has 0 bridgehead atoms. The van der Waals surface area contributed by atoms with Crippen molar-refractivity contribution in [2.45, 2.75) is 39.5 Å². The molecule has 0 saturated heterocycles. The second kappa shape index (κ2) is 5.82. The van der Waals surface area contributed by atoms with Crippen LogP contribution < -0.4 is 11.1 Å². The Balaban J connectivity index is 1.67. The van der Waals surface area contributed by atoms with Gasteiger partial charge in [-0.1, -0.05) is 0 Å². The minimum Gasteiger partial charge on any atom is -0.397 e. The Kier molecular flexibility index (Phi) is 3.77.